The first-order valence-electron chi connectivity index (χ1n) is 12.8. The van der Waals surface area contributed by atoms with Gasteiger partial charge in [-0.05, 0) is 76.3 Å². The lowest BCUT2D eigenvalue weighted by Crippen LogP contribution is -2.34. The number of nitrogens with one attached hydrogen (secondary N) is 2. The van der Waals surface area contributed by atoms with Crippen LogP contribution >= 0.6 is 0 Å². The predicted octanol–water partition coefficient (Wildman–Crippen LogP) is 2.36. The van der Waals surface area contributed by atoms with Gasteiger partial charge >= 0.3 is 0 Å². The highest BCUT2D eigenvalue weighted by atomic mass is 16.5. The minimum atomic E-state index is -0.190. The van der Waals surface area contributed by atoms with Crippen molar-refractivity contribution in [2.24, 2.45) is 7.05 Å². The second-order valence-electron chi connectivity index (χ2n) is 9.62. The number of fused-ring (bicyclic) bond motifs is 1. The standard InChI is InChI=1S/C28H32N8O2/c1-34(2)16-17-36-26-21(18-20(27(36)37)4-9-25-30-14-15-35(25)3)19-31-28(33-26)32-22-5-7-23(8-6-22)38-24-10-12-29-13-11-24/h5-8,14-15,18-19,24,29H,10-13,16-17H2,1-3H3,(H,31,32,33). The molecule has 10 nitrogen and oxygen atoms in total. The Bertz CT molecular complexity index is 1520. The second kappa shape index (κ2) is 11.5. The molecule has 0 atom stereocenters. The Kier molecular flexibility index (Phi) is 7.67. The number of hydrogen-bond acceptors (Lipinski definition) is 8. The van der Waals surface area contributed by atoms with Gasteiger partial charge in [0.25, 0.3) is 5.56 Å². The van der Waals surface area contributed by atoms with E-state index in [-0.39, 0.29) is 11.7 Å². The summed E-state index contributed by atoms with van der Waals surface area (Å²) in [7, 11) is 5.81. The van der Waals surface area contributed by atoms with Gasteiger partial charge in [0.2, 0.25) is 5.95 Å². The highest BCUT2D eigenvalue weighted by Gasteiger charge is 2.15. The van der Waals surface area contributed by atoms with Crippen LogP contribution in [-0.4, -0.2) is 68.8 Å². The van der Waals surface area contributed by atoms with Crippen molar-refractivity contribution in [3.8, 4) is 17.6 Å². The van der Waals surface area contributed by atoms with E-state index in [1.165, 1.54) is 0 Å². The zero-order valence-corrected chi connectivity index (χ0v) is 21.9. The maximum atomic E-state index is 13.4. The highest BCUT2D eigenvalue weighted by Crippen LogP contribution is 2.22. The van der Waals surface area contributed by atoms with Crippen LogP contribution in [0.15, 0.2) is 53.7 Å². The number of benzene rings is 1. The van der Waals surface area contributed by atoms with Gasteiger partial charge < -0.3 is 24.8 Å². The van der Waals surface area contributed by atoms with Gasteiger partial charge in [0.15, 0.2) is 5.82 Å². The number of rotatable bonds is 7. The van der Waals surface area contributed by atoms with Crippen LogP contribution in [0.5, 0.6) is 5.75 Å². The molecule has 10 heteroatoms. The number of nitrogens with zero attached hydrogens (tertiary/aromatic N) is 6. The lowest BCUT2D eigenvalue weighted by molar-refractivity contribution is 0.162. The molecule has 3 aromatic heterocycles. The molecule has 1 aliphatic heterocycles. The number of pyridine rings is 1. The zero-order valence-electron chi connectivity index (χ0n) is 21.9. The first kappa shape index (κ1) is 25.4. The van der Waals surface area contributed by atoms with Crippen LogP contribution in [0.4, 0.5) is 11.6 Å². The maximum Gasteiger partial charge on any atom is 0.268 e. The van der Waals surface area contributed by atoms with Crippen LogP contribution in [0.2, 0.25) is 0 Å². The average molecular weight is 513 g/mol. The number of aromatic nitrogens is 5. The van der Waals surface area contributed by atoms with E-state index in [0.29, 0.717) is 36.1 Å². The Balaban J connectivity index is 1.41. The molecule has 2 N–H and O–H groups in total. The van der Waals surface area contributed by atoms with E-state index in [9.17, 15) is 4.79 Å². The van der Waals surface area contributed by atoms with E-state index < -0.39 is 0 Å². The summed E-state index contributed by atoms with van der Waals surface area (Å²) in [5.41, 5.74) is 1.59. The third-order valence-electron chi connectivity index (χ3n) is 6.43. The molecule has 1 saturated heterocycles. The lowest BCUT2D eigenvalue weighted by atomic mass is 10.1. The molecule has 1 aromatic carbocycles. The van der Waals surface area contributed by atoms with E-state index >= 15 is 0 Å². The van der Waals surface area contributed by atoms with Gasteiger partial charge in [0.05, 0.1) is 5.56 Å². The fourth-order valence-electron chi connectivity index (χ4n) is 4.28. The molecule has 5 rings (SSSR count). The SMILES string of the molecule is CN(C)CCn1c(=O)c(C#Cc2nccn2C)cc2cnc(Nc3ccc(OC4CCNCC4)cc3)nc21. The molecule has 4 aromatic rings. The Morgan fingerprint density at radius 2 is 1.95 bits per heavy atom. The molecule has 38 heavy (non-hydrogen) atoms. The summed E-state index contributed by atoms with van der Waals surface area (Å²) in [5.74, 6) is 7.84. The number of piperidine rings is 1. The van der Waals surface area contributed by atoms with Gasteiger partial charge in [-0.3, -0.25) is 9.36 Å². The van der Waals surface area contributed by atoms with Crippen LogP contribution < -0.4 is 20.9 Å². The van der Waals surface area contributed by atoms with Crippen molar-refractivity contribution in [3.05, 3.63) is 70.7 Å². The zero-order chi connectivity index (χ0) is 26.5. The Morgan fingerprint density at radius 3 is 2.66 bits per heavy atom. The molecule has 4 heterocycles. The summed E-state index contributed by atoms with van der Waals surface area (Å²) in [6.45, 7) is 3.12. The average Bonchev–Trinajstić information content (AvgIpc) is 3.33. The van der Waals surface area contributed by atoms with Crippen LogP contribution in [0.25, 0.3) is 11.0 Å². The summed E-state index contributed by atoms with van der Waals surface area (Å²) < 4.78 is 9.58. The molecule has 0 aliphatic carbocycles. The Hall–Kier alpha value is -4.20. The van der Waals surface area contributed by atoms with Gasteiger partial charge in [0.1, 0.15) is 17.5 Å². The first-order chi connectivity index (χ1) is 18.5. The van der Waals surface area contributed by atoms with Gasteiger partial charge in [-0.2, -0.15) is 4.98 Å². The van der Waals surface area contributed by atoms with Crippen molar-refractivity contribution in [1.29, 1.82) is 0 Å². The molecule has 0 unspecified atom stereocenters. The first-order valence-corrected chi connectivity index (χ1v) is 12.8. The number of imidazole rings is 1. The Morgan fingerprint density at radius 1 is 1.16 bits per heavy atom. The van der Waals surface area contributed by atoms with E-state index in [1.807, 2.05) is 61.1 Å². The van der Waals surface area contributed by atoms with Crippen LogP contribution in [0, 0.1) is 11.8 Å². The van der Waals surface area contributed by atoms with Gasteiger partial charge in [0, 0.05) is 49.8 Å². The number of hydrogen-bond donors (Lipinski definition) is 2. The summed E-state index contributed by atoms with van der Waals surface area (Å²) in [6.07, 6.45) is 7.48. The molecular weight excluding hydrogens is 480 g/mol. The topological polar surface area (TPSA) is 102 Å². The van der Waals surface area contributed by atoms with Crippen molar-refractivity contribution < 1.29 is 4.74 Å². The summed E-state index contributed by atoms with van der Waals surface area (Å²) in [4.78, 5) is 28.9. The predicted molar refractivity (Wildman–Crippen MR) is 148 cm³/mol. The van der Waals surface area contributed by atoms with Crippen molar-refractivity contribution in [3.63, 3.8) is 0 Å². The van der Waals surface area contributed by atoms with E-state index in [0.717, 1.165) is 42.8 Å². The minimum Gasteiger partial charge on any atom is -0.490 e. The third-order valence-corrected chi connectivity index (χ3v) is 6.43. The molecule has 1 fully saturated rings. The van der Waals surface area contributed by atoms with Crippen LogP contribution in [-0.2, 0) is 13.6 Å². The van der Waals surface area contributed by atoms with E-state index in [1.54, 1.807) is 23.0 Å². The smallest absolute Gasteiger partial charge is 0.268 e. The highest BCUT2D eigenvalue weighted by molar-refractivity contribution is 5.77. The summed E-state index contributed by atoms with van der Waals surface area (Å²) in [5, 5.41) is 7.34. The van der Waals surface area contributed by atoms with Crippen molar-refractivity contribution in [2.75, 3.05) is 39.0 Å². The van der Waals surface area contributed by atoms with Crippen molar-refractivity contribution in [2.45, 2.75) is 25.5 Å². The fourth-order valence-corrected chi connectivity index (χ4v) is 4.28. The largest absolute Gasteiger partial charge is 0.490 e. The third kappa shape index (κ3) is 6.02. The summed E-state index contributed by atoms with van der Waals surface area (Å²) in [6, 6.07) is 9.53. The molecular formula is C28H32N8O2. The number of likely N-dealkylation sites (N-methyl/N-ethyl adjacent to an activating group) is 1. The fraction of sp³-hybridized carbons (Fsp3) is 0.357. The van der Waals surface area contributed by atoms with Crippen molar-refractivity contribution >= 4 is 22.7 Å². The van der Waals surface area contributed by atoms with Crippen LogP contribution in [0.1, 0.15) is 24.2 Å². The molecule has 0 bridgehead atoms. The monoisotopic (exact) mass is 512 g/mol. The van der Waals surface area contributed by atoms with E-state index in [2.05, 4.69) is 32.4 Å². The van der Waals surface area contributed by atoms with Gasteiger partial charge in [-0.1, -0.05) is 5.92 Å². The van der Waals surface area contributed by atoms with Crippen LogP contribution in [0.3, 0.4) is 0 Å². The molecule has 196 valence electrons. The minimum absolute atomic E-state index is 0.190. The molecule has 0 spiro atoms. The molecule has 0 amide bonds. The summed E-state index contributed by atoms with van der Waals surface area (Å²) >= 11 is 0. The lowest BCUT2D eigenvalue weighted by Gasteiger charge is -2.23. The molecule has 0 saturated carbocycles. The second-order valence-corrected chi connectivity index (χ2v) is 9.62. The van der Waals surface area contributed by atoms with Crippen molar-refractivity contribution in [1.82, 2.24) is 34.3 Å². The number of anilines is 2. The number of ether oxygens (including phenoxy) is 1. The van der Waals surface area contributed by atoms with Gasteiger partial charge in [-0.25, -0.2) is 9.97 Å². The Labute approximate surface area is 221 Å². The normalized spacial score (nSPS) is 13.9. The van der Waals surface area contributed by atoms with Gasteiger partial charge in [-0.15, -0.1) is 0 Å². The maximum absolute atomic E-state index is 13.4. The molecule has 1 aliphatic rings. The quantitative estimate of drug-likeness (QED) is 0.364. The van der Waals surface area contributed by atoms with E-state index in [4.69, 9.17) is 9.72 Å². The number of aryl methyl sites for hydroxylation is 1. The molecule has 0 radical (unpaired) electrons.